The van der Waals surface area contributed by atoms with E-state index in [1.165, 1.54) is 5.71 Å². The lowest BCUT2D eigenvalue weighted by molar-refractivity contribution is 0.0710. The van der Waals surface area contributed by atoms with Gasteiger partial charge in [-0.1, -0.05) is 6.92 Å². The average molecular weight is 275 g/mol. The topological polar surface area (TPSA) is 40.0 Å². The van der Waals surface area contributed by atoms with Crippen molar-refractivity contribution in [2.45, 2.75) is 53.5 Å². The van der Waals surface area contributed by atoms with E-state index >= 15 is 0 Å². The zero-order valence-electron chi connectivity index (χ0n) is 12.6. The third kappa shape index (κ3) is 7.26. The van der Waals surface area contributed by atoms with Crippen LogP contribution in [0.25, 0.3) is 0 Å². The van der Waals surface area contributed by atoms with Gasteiger partial charge in [-0.15, -0.1) is 0 Å². The van der Waals surface area contributed by atoms with Crippen LogP contribution in [0, 0.1) is 0 Å². The van der Waals surface area contributed by atoms with Gasteiger partial charge in [-0.25, -0.2) is 0 Å². The van der Waals surface area contributed by atoms with Gasteiger partial charge in [0.2, 0.25) is 0 Å². The van der Waals surface area contributed by atoms with E-state index in [-0.39, 0.29) is 0 Å². The first-order valence-corrected chi connectivity index (χ1v) is 8.99. The summed E-state index contributed by atoms with van der Waals surface area (Å²) in [6.45, 7) is 12.9. The second kappa shape index (κ2) is 10.7. The molecule has 0 aromatic heterocycles. The number of hydrogen-bond acceptors (Lipinski definition) is 4. The van der Waals surface area contributed by atoms with E-state index in [1.54, 1.807) is 0 Å². The Morgan fingerprint density at radius 3 is 1.83 bits per heavy atom. The van der Waals surface area contributed by atoms with Gasteiger partial charge in [0.25, 0.3) is 0 Å². The Labute approximate surface area is 113 Å². The first kappa shape index (κ1) is 17.8. The van der Waals surface area contributed by atoms with E-state index in [0.29, 0.717) is 19.8 Å². The lowest BCUT2D eigenvalue weighted by atomic mass is 10.3. The molecule has 0 unspecified atom stereocenters. The molecule has 0 fully saturated rings. The minimum Gasteiger partial charge on any atom is -0.374 e. The van der Waals surface area contributed by atoms with E-state index in [9.17, 15) is 0 Å². The van der Waals surface area contributed by atoms with Crippen LogP contribution in [-0.4, -0.2) is 40.9 Å². The van der Waals surface area contributed by atoms with E-state index in [0.717, 1.165) is 25.4 Å². The molecule has 0 aliphatic rings. The Kier molecular flexibility index (Phi) is 10.5. The fraction of sp³-hybridized carbons (Fsp3) is 0.923. The summed E-state index contributed by atoms with van der Waals surface area (Å²) in [5, 5.41) is 0. The lowest BCUT2D eigenvalue weighted by Gasteiger charge is -2.28. The summed E-state index contributed by atoms with van der Waals surface area (Å²) in [6.07, 6.45) is 1.98. The van der Waals surface area contributed by atoms with Crippen molar-refractivity contribution in [3.05, 3.63) is 0 Å². The van der Waals surface area contributed by atoms with E-state index in [1.807, 2.05) is 20.8 Å². The molecular weight excluding hydrogens is 246 g/mol. The molecule has 0 bridgehead atoms. The molecule has 18 heavy (non-hydrogen) atoms. The summed E-state index contributed by atoms with van der Waals surface area (Å²) in [5.41, 5.74) is 1.20. The fourth-order valence-corrected chi connectivity index (χ4v) is 4.27. The van der Waals surface area contributed by atoms with E-state index in [4.69, 9.17) is 13.3 Å². The summed E-state index contributed by atoms with van der Waals surface area (Å²) in [7, 11) is -2.45. The van der Waals surface area contributed by atoms with Gasteiger partial charge in [0.05, 0.1) is 0 Å². The number of rotatable bonds is 11. The van der Waals surface area contributed by atoms with Gasteiger partial charge in [0.15, 0.2) is 0 Å². The molecule has 0 aliphatic heterocycles. The highest BCUT2D eigenvalue weighted by atomic mass is 28.4. The van der Waals surface area contributed by atoms with E-state index < -0.39 is 8.80 Å². The van der Waals surface area contributed by atoms with Gasteiger partial charge in [-0.2, -0.15) is 0 Å². The Hall–Kier alpha value is -0.233. The smallest absolute Gasteiger partial charge is 0.374 e. The molecule has 0 saturated heterocycles. The Morgan fingerprint density at radius 2 is 1.44 bits per heavy atom. The molecule has 0 N–H and O–H groups in total. The second-order valence-corrected chi connectivity index (χ2v) is 6.79. The van der Waals surface area contributed by atoms with Crippen molar-refractivity contribution in [2.24, 2.45) is 4.99 Å². The van der Waals surface area contributed by atoms with Crippen molar-refractivity contribution >= 4 is 14.5 Å². The van der Waals surface area contributed by atoms with Crippen molar-refractivity contribution in [2.75, 3.05) is 26.4 Å². The molecule has 108 valence electrons. The van der Waals surface area contributed by atoms with Crippen LogP contribution in [0.3, 0.4) is 0 Å². The monoisotopic (exact) mass is 275 g/mol. The summed E-state index contributed by atoms with van der Waals surface area (Å²) >= 11 is 0. The van der Waals surface area contributed by atoms with Gasteiger partial charge in [-0.3, -0.25) is 4.99 Å². The Bertz CT molecular complexity index is 217. The third-order valence-corrected chi connectivity index (χ3v) is 5.78. The summed E-state index contributed by atoms with van der Waals surface area (Å²) in [4.78, 5) is 4.50. The van der Waals surface area contributed by atoms with Crippen LogP contribution in [0.4, 0.5) is 0 Å². The van der Waals surface area contributed by atoms with Crippen LogP contribution >= 0.6 is 0 Å². The van der Waals surface area contributed by atoms with Crippen molar-refractivity contribution in [3.63, 3.8) is 0 Å². The van der Waals surface area contributed by atoms with E-state index in [2.05, 4.69) is 18.8 Å². The lowest BCUT2D eigenvalue weighted by Crippen LogP contribution is -2.46. The minimum atomic E-state index is -2.45. The highest BCUT2D eigenvalue weighted by Gasteiger charge is 2.39. The molecule has 0 spiro atoms. The zero-order valence-corrected chi connectivity index (χ0v) is 13.6. The Morgan fingerprint density at radius 1 is 0.944 bits per heavy atom. The molecule has 0 radical (unpaired) electrons. The molecule has 0 aliphatic carbocycles. The largest absolute Gasteiger partial charge is 0.500 e. The van der Waals surface area contributed by atoms with Crippen molar-refractivity contribution in [1.29, 1.82) is 0 Å². The van der Waals surface area contributed by atoms with Crippen molar-refractivity contribution in [3.8, 4) is 0 Å². The first-order chi connectivity index (χ1) is 8.64. The molecule has 0 heterocycles. The van der Waals surface area contributed by atoms with Crippen LogP contribution in [-0.2, 0) is 13.3 Å². The Balaban J connectivity index is 4.29. The SMILES string of the molecule is CCO[Si](CCCN=C(C)CC)(OCC)OCC. The van der Waals surface area contributed by atoms with Crippen LogP contribution in [0.5, 0.6) is 0 Å². The van der Waals surface area contributed by atoms with Crippen LogP contribution in [0.1, 0.15) is 47.5 Å². The molecule has 0 amide bonds. The van der Waals surface area contributed by atoms with Crippen LogP contribution in [0.15, 0.2) is 4.99 Å². The molecule has 4 nitrogen and oxygen atoms in total. The maximum absolute atomic E-state index is 5.79. The first-order valence-electron chi connectivity index (χ1n) is 7.05. The molecule has 0 aromatic rings. The minimum absolute atomic E-state index is 0.642. The van der Waals surface area contributed by atoms with Crippen molar-refractivity contribution in [1.82, 2.24) is 0 Å². The fourth-order valence-electron chi connectivity index (χ4n) is 1.68. The highest BCUT2D eigenvalue weighted by molar-refractivity contribution is 6.60. The molecule has 5 heteroatoms. The quantitative estimate of drug-likeness (QED) is 0.330. The van der Waals surface area contributed by atoms with Gasteiger partial charge < -0.3 is 13.3 Å². The number of hydrogen-bond donors (Lipinski definition) is 0. The van der Waals surface area contributed by atoms with Crippen molar-refractivity contribution < 1.29 is 13.3 Å². The zero-order chi connectivity index (χ0) is 13.9. The standard InChI is InChI=1S/C13H29NO3Si/c1-6-13(5)14-11-10-12-18(15-7-2,16-8-3)17-9-4/h6-12H2,1-5H3. The number of nitrogens with zero attached hydrogens (tertiary/aromatic N) is 1. The maximum atomic E-state index is 5.79. The molecule has 0 atom stereocenters. The number of aliphatic imine (C=N–C) groups is 1. The maximum Gasteiger partial charge on any atom is 0.500 e. The van der Waals surface area contributed by atoms with Crippen LogP contribution in [0.2, 0.25) is 6.04 Å². The molecule has 0 rings (SSSR count). The highest BCUT2D eigenvalue weighted by Crippen LogP contribution is 2.18. The van der Waals surface area contributed by atoms with Gasteiger partial charge in [-0.05, 0) is 40.5 Å². The van der Waals surface area contributed by atoms with Gasteiger partial charge >= 0.3 is 8.80 Å². The predicted octanol–water partition coefficient (Wildman–Crippen LogP) is 3.30. The summed E-state index contributed by atoms with van der Waals surface area (Å²) in [6, 6.07) is 0.850. The van der Waals surface area contributed by atoms with Gasteiger partial charge in [0.1, 0.15) is 0 Å². The summed E-state index contributed by atoms with van der Waals surface area (Å²) < 4.78 is 17.4. The molecule has 0 saturated carbocycles. The third-order valence-electron chi connectivity index (χ3n) is 2.63. The normalized spacial score (nSPS) is 13.1. The van der Waals surface area contributed by atoms with Crippen LogP contribution < -0.4 is 0 Å². The predicted molar refractivity (Wildman–Crippen MR) is 78.3 cm³/mol. The molecule has 0 aromatic carbocycles. The summed E-state index contributed by atoms with van der Waals surface area (Å²) in [5.74, 6) is 0. The average Bonchev–Trinajstić information content (AvgIpc) is 2.35. The molecular formula is C13H29NO3Si. The van der Waals surface area contributed by atoms with Gasteiger partial charge in [0, 0.05) is 38.1 Å². The second-order valence-electron chi connectivity index (χ2n) is 4.06.